The Balaban J connectivity index is 4.59. The number of ether oxygens (including phenoxy) is 1. The molecule has 0 saturated carbocycles. The first-order valence-electron chi connectivity index (χ1n) is 3.66. The minimum absolute atomic E-state index is 0.195. The predicted molar refractivity (Wildman–Crippen MR) is 42.2 cm³/mol. The molecule has 0 unspecified atom stereocenters. The summed E-state index contributed by atoms with van der Waals surface area (Å²) in [5, 5.41) is 17.5. The number of carbonyl (C=O) groups is 1. The number of hydrogen-bond donors (Lipinski definition) is 1. The molecule has 1 N–H and O–H groups in total. The van der Waals surface area contributed by atoms with Crippen molar-refractivity contribution in [3.05, 3.63) is 11.3 Å². The molecule has 0 aromatic rings. The van der Waals surface area contributed by atoms with Crippen LogP contribution in [0.2, 0.25) is 0 Å². The summed E-state index contributed by atoms with van der Waals surface area (Å²) in [6.45, 7) is 3.47. The summed E-state index contributed by atoms with van der Waals surface area (Å²) in [6, 6.07) is 1.59. The summed E-state index contributed by atoms with van der Waals surface area (Å²) in [5.74, 6) is -0.990. The number of hydrogen-bond acceptors (Lipinski definition) is 4. The minimum Gasteiger partial charge on any atom is -0.511 e. The highest BCUT2D eigenvalue weighted by molar-refractivity contribution is 5.93. The average molecular weight is 169 g/mol. The molecule has 4 nitrogen and oxygen atoms in total. The Bertz CT molecular complexity index is 237. The molecule has 0 heterocycles. The van der Waals surface area contributed by atoms with E-state index in [4.69, 9.17) is 10.4 Å². The van der Waals surface area contributed by atoms with Crippen molar-refractivity contribution in [3.63, 3.8) is 0 Å². The fourth-order valence-electron chi connectivity index (χ4n) is 0.608. The Morgan fingerprint density at radius 2 is 2.17 bits per heavy atom. The normalized spacial score (nSPS) is 11.4. The lowest BCUT2D eigenvalue weighted by Gasteiger charge is -2.00. The maximum Gasteiger partial charge on any atom is 0.352 e. The number of aliphatic hydroxyl groups is 1. The molecule has 0 saturated heterocycles. The van der Waals surface area contributed by atoms with E-state index in [-0.39, 0.29) is 24.4 Å². The van der Waals surface area contributed by atoms with E-state index < -0.39 is 5.97 Å². The van der Waals surface area contributed by atoms with Crippen molar-refractivity contribution in [1.29, 1.82) is 5.26 Å². The molecule has 0 aliphatic heterocycles. The summed E-state index contributed by atoms with van der Waals surface area (Å²) < 4.78 is 4.54. The van der Waals surface area contributed by atoms with E-state index in [9.17, 15) is 4.79 Å². The topological polar surface area (TPSA) is 70.3 Å². The number of nitriles is 1. The number of carbonyl (C=O) groups excluding carboxylic acids is 1. The van der Waals surface area contributed by atoms with Crippen molar-refractivity contribution in [3.8, 4) is 6.07 Å². The third-order valence-corrected chi connectivity index (χ3v) is 1.21. The highest BCUT2D eigenvalue weighted by Crippen LogP contribution is 2.06. The van der Waals surface area contributed by atoms with Crippen molar-refractivity contribution in [2.75, 3.05) is 6.61 Å². The van der Waals surface area contributed by atoms with Crippen LogP contribution in [-0.2, 0) is 9.53 Å². The minimum atomic E-state index is -0.764. The SMILES string of the molecule is CCOC(=O)C(C#N)=C(O)CC. The largest absolute Gasteiger partial charge is 0.511 e. The van der Waals surface area contributed by atoms with Gasteiger partial charge in [-0.3, -0.25) is 0 Å². The zero-order chi connectivity index (χ0) is 9.56. The average Bonchev–Trinajstić information content (AvgIpc) is 2.06. The lowest BCUT2D eigenvalue weighted by molar-refractivity contribution is -0.138. The van der Waals surface area contributed by atoms with Crippen molar-refractivity contribution < 1.29 is 14.6 Å². The van der Waals surface area contributed by atoms with Crippen molar-refractivity contribution in [2.24, 2.45) is 0 Å². The van der Waals surface area contributed by atoms with Crippen LogP contribution in [0.3, 0.4) is 0 Å². The van der Waals surface area contributed by atoms with Gasteiger partial charge in [0.2, 0.25) is 0 Å². The predicted octanol–water partition coefficient (Wildman–Crippen LogP) is 1.30. The quantitative estimate of drug-likeness (QED) is 0.299. The monoisotopic (exact) mass is 169 g/mol. The van der Waals surface area contributed by atoms with Crippen LogP contribution in [-0.4, -0.2) is 17.7 Å². The second-order valence-corrected chi connectivity index (χ2v) is 2.01. The molecular weight excluding hydrogens is 158 g/mol. The van der Waals surface area contributed by atoms with Gasteiger partial charge in [0.1, 0.15) is 11.8 Å². The van der Waals surface area contributed by atoms with E-state index in [1.807, 2.05) is 0 Å². The van der Waals surface area contributed by atoms with Crippen LogP contribution >= 0.6 is 0 Å². The summed E-state index contributed by atoms with van der Waals surface area (Å²) in [7, 11) is 0. The third kappa shape index (κ3) is 2.62. The second-order valence-electron chi connectivity index (χ2n) is 2.01. The van der Waals surface area contributed by atoms with Gasteiger partial charge in [-0.25, -0.2) is 4.79 Å². The molecule has 0 bridgehead atoms. The maximum absolute atomic E-state index is 10.9. The van der Waals surface area contributed by atoms with E-state index in [1.165, 1.54) is 0 Å². The number of esters is 1. The molecule has 0 aromatic heterocycles. The van der Waals surface area contributed by atoms with Crippen molar-refractivity contribution >= 4 is 5.97 Å². The van der Waals surface area contributed by atoms with Crippen LogP contribution in [0.1, 0.15) is 20.3 Å². The van der Waals surface area contributed by atoms with E-state index >= 15 is 0 Å². The van der Waals surface area contributed by atoms with Crippen LogP contribution in [0.25, 0.3) is 0 Å². The van der Waals surface area contributed by atoms with Crippen LogP contribution < -0.4 is 0 Å². The number of aliphatic hydroxyl groups excluding tert-OH is 1. The number of allylic oxidation sites excluding steroid dienone is 1. The lowest BCUT2D eigenvalue weighted by Crippen LogP contribution is -2.08. The lowest BCUT2D eigenvalue weighted by atomic mass is 10.2. The molecule has 0 aliphatic carbocycles. The molecule has 66 valence electrons. The highest BCUT2D eigenvalue weighted by atomic mass is 16.5. The molecule has 0 spiro atoms. The summed E-state index contributed by atoms with van der Waals surface area (Å²) >= 11 is 0. The standard InChI is InChI=1S/C8H11NO3/c1-3-7(10)6(5-9)8(11)12-4-2/h10H,3-4H2,1-2H3. The fraction of sp³-hybridized carbons (Fsp3) is 0.500. The van der Waals surface area contributed by atoms with Gasteiger partial charge in [0.05, 0.1) is 6.61 Å². The Morgan fingerprint density at radius 1 is 1.58 bits per heavy atom. The van der Waals surface area contributed by atoms with E-state index in [0.717, 1.165) is 0 Å². The molecule has 0 amide bonds. The Labute approximate surface area is 71.1 Å². The van der Waals surface area contributed by atoms with Gasteiger partial charge in [-0.2, -0.15) is 5.26 Å². The first-order chi connectivity index (χ1) is 5.67. The molecule has 12 heavy (non-hydrogen) atoms. The molecular formula is C8H11NO3. The Hall–Kier alpha value is -1.50. The summed E-state index contributed by atoms with van der Waals surface area (Å²) in [4.78, 5) is 10.9. The van der Waals surface area contributed by atoms with Gasteiger partial charge in [-0.1, -0.05) is 6.92 Å². The summed E-state index contributed by atoms with van der Waals surface area (Å²) in [5.41, 5.74) is -0.306. The fourth-order valence-corrected chi connectivity index (χ4v) is 0.608. The van der Waals surface area contributed by atoms with Crippen LogP contribution in [0, 0.1) is 11.3 Å². The third-order valence-electron chi connectivity index (χ3n) is 1.21. The van der Waals surface area contributed by atoms with E-state index in [2.05, 4.69) is 4.74 Å². The van der Waals surface area contributed by atoms with Gasteiger partial charge in [-0.05, 0) is 6.92 Å². The van der Waals surface area contributed by atoms with Gasteiger partial charge >= 0.3 is 5.97 Å². The molecule has 0 rings (SSSR count). The van der Waals surface area contributed by atoms with Crippen molar-refractivity contribution in [1.82, 2.24) is 0 Å². The van der Waals surface area contributed by atoms with Crippen LogP contribution in [0.5, 0.6) is 0 Å². The number of nitrogens with zero attached hydrogens (tertiary/aromatic N) is 1. The van der Waals surface area contributed by atoms with Gasteiger partial charge < -0.3 is 9.84 Å². The van der Waals surface area contributed by atoms with Gasteiger partial charge in [0.15, 0.2) is 5.57 Å². The first kappa shape index (κ1) is 10.5. The molecule has 0 atom stereocenters. The second kappa shape index (κ2) is 5.19. The maximum atomic E-state index is 10.9. The molecule has 0 radical (unpaired) electrons. The number of rotatable bonds is 3. The van der Waals surface area contributed by atoms with E-state index in [1.54, 1.807) is 19.9 Å². The zero-order valence-electron chi connectivity index (χ0n) is 7.13. The van der Waals surface area contributed by atoms with E-state index in [0.29, 0.717) is 0 Å². The molecule has 0 aliphatic rings. The van der Waals surface area contributed by atoms with Gasteiger partial charge in [0.25, 0.3) is 0 Å². The van der Waals surface area contributed by atoms with Crippen molar-refractivity contribution in [2.45, 2.75) is 20.3 Å². The smallest absolute Gasteiger partial charge is 0.352 e. The Morgan fingerprint density at radius 3 is 2.50 bits per heavy atom. The van der Waals surface area contributed by atoms with Gasteiger partial charge in [-0.15, -0.1) is 0 Å². The molecule has 0 aromatic carbocycles. The Kier molecular flexibility index (Phi) is 4.54. The molecule has 4 heteroatoms. The molecule has 0 fully saturated rings. The van der Waals surface area contributed by atoms with Crippen LogP contribution in [0.4, 0.5) is 0 Å². The summed E-state index contributed by atoms with van der Waals surface area (Å²) in [6.07, 6.45) is 0.252. The first-order valence-corrected chi connectivity index (χ1v) is 3.66. The highest BCUT2D eigenvalue weighted by Gasteiger charge is 2.14. The van der Waals surface area contributed by atoms with Crippen LogP contribution in [0.15, 0.2) is 11.3 Å². The van der Waals surface area contributed by atoms with Gasteiger partial charge in [0, 0.05) is 6.42 Å². The zero-order valence-corrected chi connectivity index (χ0v) is 7.13.